The summed E-state index contributed by atoms with van der Waals surface area (Å²) in [7, 11) is 0. The summed E-state index contributed by atoms with van der Waals surface area (Å²) in [6.07, 6.45) is 1.98. The van der Waals surface area contributed by atoms with Crippen molar-refractivity contribution in [3.63, 3.8) is 0 Å². The van der Waals surface area contributed by atoms with Crippen LogP contribution in [-0.2, 0) is 0 Å². The van der Waals surface area contributed by atoms with E-state index in [0.29, 0.717) is 16.6 Å². The molecule has 3 nitrogen and oxygen atoms in total. The molecule has 0 atom stereocenters. The topological polar surface area (TPSA) is 32.3 Å². The Morgan fingerprint density at radius 2 is 1.83 bits per heavy atom. The number of carbonyl (C=O) groups excluding carboxylic acids is 1. The Morgan fingerprint density at radius 1 is 1.13 bits per heavy atom. The third kappa shape index (κ3) is 4.06. The molecule has 1 N–H and O–H groups in total. The van der Waals surface area contributed by atoms with E-state index < -0.39 is 0 Å². The van der Waals surface area contributed by atoms with Crippen LogP contribution < -0.4 is 5.32 Å². The highest BCUT2D eigenvalue weighted by Gasteiger charge is 2.24. The average Bonchev–Trinajstić information content (AvgIpc) is 2.58. The van der Waals surface area contributed by atoms with Crippen LogP contribution in [0.15, 0.2) is 53.0 Å². The minimum Gasteiger partial charge on any atom is -0.324 e. The summed E-state index contributed by atoms with van der Waals surface area (Å²) < 4.78 is 0.893. The number of urea groups is 1. The van der Waals surface area contributed by atoms with Crippen molar-refractivity contribution in [3.8, 4) is 0 Å². The molecule has 1 aliphatic rings. The van der Waals surface area contributed by atoms with E-state index in [2.05, 4.69) is 45.5 Å². The molecule has 120 valence electrons. The van der Waals surface area contributed by atoms with Crippen molar-refractivity contribution in [3.05, 3.63) is 63.6 Å². The fourth-order valence-electron chi connectivity index (χ4n) is 2.93. The quantitative estimate of drug-likeness (QED) is 0.716. The summed E-state index contributed by atoms with van der Waals surface area (Å²) >= 11 is 9.51. The lowest BCUT2D eigenvalue weighted by atomic mass is 9.90. The van der Waals surface area contributed by atoms with E-state index in [9.17, 15) is 4.79 Å². The Kier molecular flexibility index (Phi) is 5.23. The molecule has 0 aromatic heterocycles. The van der Waals surface area contributed by atoms with Crippen LogP contribution >= 0.6 is 27.5 Å². The summed E-state index contributed by atoms with van der Waals surface area (Å²) in [4.78, 5) is 14.3. The molecular weight excluding hydrogens is 376 g/mol. The van der Waals surface area contributed by atoms with Crippen molar-refractivity contribution in [2.75, 3.05) is 18.4 Å². The molecule has 1 heterocycles. The van der Waals surface area contributed by atoms with Gasteiger partial charge in [0.25, 0.3) is 0 Å². The molecule has 1 fully saturated rings. The van der Waals surface area contributed by atoms with Gasteiger partial charge in [0, 0.05) is 17.6 Å². The lowest BCUT2D eigenvalue weighted by Gasteiger charge is -2.32. The molecule has 0 aliphatic carbocycles. The molecule has 2 amide bonds. The minimum absolute atomic E-state index is 0.0827. The van der Waals surface area contributed by atoms with Crippen LogP contribution in [0.1, 0.15) is 24.3 Å². The van der Waals surface area contributed by atoms with Gasteiger partial charge in [-0.25, -0.2) is 4.79 Å². The van der Waals surface area contributed by atoms with Gasteiger partial charge in [0.15, 0.2) is 0 Å². The summed E-state index contributed by atoms with van der Waals surface area (Å²) in [5, 5.41) is 3.43. The molecule has 3 rings (SSSR count). The maximum absolute atomic E-state index is 12.4. The minimum atomic E-state index is -0.0827. The van der Waals surface area contributed by atoms with Crippen molar-refractivity contribution in [1.82, 2.24) is 4.90 Å². The first-order valence-electron chi connectivity index (χ1n) is 7.69. The largest absolute Gasteiger partial charge is 0.324 e. The van der Waals surface area contributed by atoms with Gasteiger partial charge in [0.05, 0.1) is 10.7 Å². The normalized spacial score (nSPS) is 15.5. The van der Waals surface area contributed by atoms with Crippen LogP contribution in [0.5, 0.6) is 0 Å². The van der Waals surface area contributed by atoms with Gasteiger partial charge in [0.2, 0.25) is 0 Å². The van der Waals surface area contributed by atoms with E-state index >= 15 is 0 Å². The Bertz CT molecular complexity index is 685. The summed E-state index contributed by atoms with van der Waals surface area (Å²) in [5.41, 5.74) is 2.01. The van der Waals surface area contributed by atoms with Gasteiger partial charge < -0.3 is 10.2 Å². The maximum atomic E-state index is 12.4. The standard InChI is InChI=1S/C18H18BrClN2O/c19-15-6-7-17(16(20)12-15)21-18(23)22-10-8-14(9-11-22)13-4-2-1-3-5-13/h1-7,12,14H,8-11H2,(H,21,23). The smallest absolute Gasteiger partial charge is 0.321 e. The number of anilines is 1. The Balaban J connectivity index is 1.58. The van der Waals surface area contributed by atoms with Crippen LogP contribution in [0.25, 0.3) is 0 Å². The SMILES string of the molecule is O=C(Nc1ccc(Br)cc1Cl)N1CCC(c2ccccc2)CC1. The van der Waals surface area contributed by atoms with E-state index in [1.807, 2.05) is 17.0 Å². The number of carbonyl (C=O) groups is 1. The zero-order chi connectivity index (χ0) is 16.2. The van der Waals surface area contributed by atoms with Gasteiger partial charge in [-0.2, -0.15) is 0 Å². The number of hydrogen-bond donors (Lipinski definition) is 1. The molecule has 0 bridgehead atoms. The average molecular weight is 394 g/mol. The van der Waals surface area contributed by atoms with Gasteiger partial charge in [-0.15, -0.1) is 0 Å². The third-order valence-corrected chi connectivity index (χ3v) is 5.03. The molecule has 23 heavy (non-hydrogen) atoms. The van der Waals surface area contributed by atoms with Crippen molar-refractivity contribution in [2.24, 2.45) is 0 Å². The number of rotatable bonds is 2. The lowest BCUT2D eigenvalue weighted by molar-refractivity contribution is 0.194. The van der Waals surface area contributed by atoms with Gasteiger partial charge in [-0.3, -0.25) is 0 Å². The number of nitrogens with one attached hydrogen (secondary N) is 1. The second-order valence-corrected chi connectivity index (χ2v) is 7.05. The maximum Gasteiger partial charge on any atom is 0.321 e. The zero-order valence-electron chi connectivity index (χ0n) is 12.6. The van der Waals surface area contributed by atoms with Gasteiger partial charge in [-0.05, 0) is 42.5 Å². The van der Waals surface area contributed by atoms with E-state index in [4.69, 9.17) is 11.6 Å². The Hall–Kier alpha value is -1.52. The van der Waals surface area contributed by atoms with Crippen LogP contribution in [-0.4, -0.2) is 24.0 Å². The Labute approximate surface area is 149 Å². The predicted molar refractivity (Wildman–Crippen MR) is 98.2 cm³/mol. The molecule has 0 spiro atoms. The fourth-order valence-corrected chi connectivity index (χ4v) is 3.65. The highest BCUT2D eigenvalue weighted by Crippen LogP contribution is 2.29. The number of piperidine rings is 1. The van der Waals surface area contributed by atoms with Gasteiger partial charge in [0.1, 0.15) is 0 Å². The first kappa shape index (κ1) is 16.3. The van der Waals surface area contributed by atoms with Crippen molar-refractivity contribution in [2.45, 2.75) is 18.8 Å². The molecule has 0 saturated carbocycles. The monoisotopic (exact) mass is 392 g/mol. The molecule has 2 aromatic rings. The molecule has 0 unspecified atom stereocenters. The summed E-state index contributed by atoms with van der Waals surface area (Å²) in [6, 6.07) is 15.9. The van der Waals surface area contributed by atoms with Gasteiger partial charge >= 0.3 is 6.03 Å². The van der Waals surface area contributed by atoms with E-state index in [1.165, 1.54) is 5.56 Å². The molecule has 1 aliphatic heterocycles. The number of nitrogens with zero attached hydrogens (tertiary/aromatic N) is 1. The summed E-state index contributed by atoms with van der Waals surface area (Å²) in [6.45, 7) is 1.53. The van der Waals surface area contributed by atoms with Crippen molar-refractivity contribution in [1.29, 1.82) is 0 Å². The third-order valence-electron chi connectivity index (χ3n) is 4.23. The second-order valence-electron chi connectivity index (χ2n) is 5.73. The first-order valence-corrected chi connectivity index (χ1v) is 8.86. The highest BCUT2D eigenvalue weighted by molar-refractivity contribution is 9.10. The first-order chi connectivity index (χ1) is 11.1. The van der Waals surface area contributed by atoms with E-state index in [-0.39, 0.29) is 6.03 Å². The number of likely N-dealkylation sites (tertiary alicyclic amines) is 1. The number of hydrogen-bond acceptors (Lipinski definition) is 1. The van der Waals surface area contributed by atoms with Crippen LogP contribution in [0.3, 0.4) is 0 Å². The van der Waals surface area contributed by atoms with Crippen LogP contribution in [0, 0.1) is 0 Å². The lowest BCUT2D eigenvalue weighted by Crippen LogP contribution is -2.40. The molecule has 1 saturated heterocycles. The number of benzene rings is 2. The van der Waals surface area contributed by atoms with E-state index in [1.54, 1.807) is 12.1 Å². The molecule has 5 heteroatoms. The molecule has 2 aromatic carbocycles. The van der Waals surface area contributed by atoms with E-state index in [0.717, 1.165) is 30.4 Å². The van der Waals surface area contributed by atoms with Crippen molar-refractivity contribution < 1.29 is 4.79 Å². The molecule has 0 radical (unpaired) electrons. The number of amides is 2. The van der Waals surface area contributed by atoms with Crippen LogP contribution in [0.2, 0.25) is 5.02 Å². The second kappa shape index (κ2) is 7.37. The predicted octanol–water partition coefficient (Wildman–Crippen LogP) is 5.51. The zero-order valence-corrected chi connectivity index (χ0v) is 15.0. The molecular formula is C18H18BrClN2O. The Morgan fingerprint density at radius 3 is 2.48 bits per heavy atom. The highest BCUT2D eigenvalue weighted by atomic mass is 79.9. The summed E-state index contributed by atoms with van der Waals surface area (Å²) in [5.74, 6) is 0.538. The fraction of sp³-hybridized carbons (Fsp3) is 0.278. The van der Waals surface area contributed by atoms with Crippen LogP contribution in [0.4, 0.5) is 10.5 Å². The van der Waals surface area contributed by atoms with Crippen molar-refractivity contribution >= 4 is 39.2 Å². The van der Waals surface area contributed by atoms with Gasteiger partial charge in [-0.1, -0.05) is 57.9 Å². The number of halogens is 2.